The van der Waals surface area contributed by atoms with Crippen molar-refractivity contribution in [1.82, 2.24) is 10.2 Å². The van der Waals surface area contributed by atoms with Gasteiger partial charge in [0.25, 0.3) is 0 Å². The quantitative estimate of drug-likeness (QED) is 0.565. The predicted octanol–water partition coefficient (Wildman–Crippen LogP) is 4.69. The first kappa shape index (κ1) is 21.3. The van der Waals surface area contributed by atoms with Gasteiger partial charge in [0.2, 0.25) is 0 Å². The Labute approximate surface area is 193 Å². The van der Waals surface area contributed by atoms with Gasteiger partial charge in [-0.1, -0.05) is 41.9 Å². The zero-order chi connectivity index (χ0) is 22.1. The van der Waals surface area contributed by atoms with E-state index in [9.17, 15) is 5.11 Å². The van der Waals surface area contributed by atoms with E-state index in [-0.39, 0.29) is 6.10 Å². The first-order valence-corrected chi connectivity index (χ1v) is 11.7. The number of anilines is 2. The van der Waals surface area contributed by atoms with E-state index in [0.717, 1.165) is 79.7 Å². The number of nitrogens with zero attached hydrogens (tertiary/aromatic N) is 3. The first-order valence-electron chi connectivity index (χ1n) is 11.3. The summed E-state index contributed by atoms with van der Waals surface area (Å²) in [4.78, 5) is 2.36. The number of aromatic nitrogens is 2. The van der Waals surface area contributed by atoms with Crippen LogP contribution in [0.5, 0.6) is 5.75 Å². The molecule has 2 N–H and O–H groups in total. The molecular formula is C25H29ClN4O2. The monoisotopic (exact) mass is 452 g/mol. The van der Waals surface area contributed by atoms with Gasteiger partial charge in [-0.3, -0.25) is 0 Å². The lowest BCUT2D eigenvalue weighted by Gasteiger charge is -2.50. The highest BCUT2D eigenvalue weighted by molar-refractivity contribution is 6.32. The van der Waals surface area contributed by atoms with Gasteiger partial charge in [0.15, 0.2) is 11.6 Å². The molecule has 1 aliphatic carbocycles. The molecule has 1 spiro atoms. The summed E-state index contributed by atoms with van der Waals surface area (Å²) in [6.45, 7) is 2.67. The largest absolute Gasteiger partial charge is 0.495 e. The molecule has 2 aromatic carbocycles. The van der Waals surface area contributed by atoms with Crippen molar-refractivity contribution in [3.05, 3.63) is 53.1 Å². The van der Waals surface area contributed by atoms with Crippen molar-refractivity contribution in [3.63, 3.8) is 0 Å². The van der Waals surface area contributed by atoms with Gasteiger partial charge < -0.3 is 20.1 Å². The maximum atomic E-state index is 9.75. The molecule has 1 saturated carbocycles. The summed E-state index contributed by atoms with van der Waals surface area (Å²) >= 11 is 6.25. The maximum absolute atomic E-state index is 9.75. The number of halogens is 1. The van der Waals surface area contributed by atoms with Gasteiger partial charge in [0.1, 0.15) is 5.75 Å². The number of benzene rings is 2. The minimum Gasteiger partial charge on any atom is -0.495 e. The third-order valence-electron chi connectivity index (χ3n) is 7.05. The molecule has 2 aliphatic rings. The Morgan fingerprint density at radius 2 is 1.88 bits per heavy atom. The van der Waals surface area contributed by atoms with Crippen LogP contribution >= 0.6 is 11.6 Å². The van der Waals surface area contributed by atoms with Crippen LogP contribution in [0.15, 0.2) is 42.5 Å². The lowest BCUT2D eigenvalue weighted by molar-refractivity contribution is -0.0464. The van der Waals surface area contributed by atoms with Crippen LogP contribution in [0.2, 0.25) is 5.02 Å². The molecule has 0 unspecified atom stereocenters. The van der Waals surface area contributed by atoms with E-state index in [1.54, 1.807) is 7.11 Å². The van der Waals surface area contributed by atoms with E-state index in [2.05, 4.69) is 38.6 Å². The van der Waals surface area contributed by atoms with E-state index in [1.165, 1.54) is 0 Å². The maximum Gasteiger partial charge on any atom is 0.159 e. The lowest BCUT2D eigenvalue weighted by atomic mass is 9.61. The molecule has 32 heavy (non-hydrogen) atoms. The summed E-state index contributed by atoms with van der Waals surface area (Å²) in [6, 6.07) is 14.2. The Hall–Kier alpha value is -2.57. The summed E-state index contributed by atoms with van der Waals surface area (Å²) in [5.74, 6) is 2.45. The average molecular weight is 453 g/mol. The van der Waals surface area contributed by atoms with E-state index < -0.39 is 0 Å². The smallest absolute Gasteiger partial charge is 0.159 e. The molecule has 2 heterocycles. The van der Waals surface area contributed by atoms with Gasteiger partial charge in [0.05, 0.1) is 18.2 Å². The summed E-state index contributed by atoms with van der Waals surface area (Å²) in [5, 5.41) is 25.2. The van der Waals surface area contributed by atoms with E-state index >= 15 is 0 Å². The minimum atomic E-state index is -0.0959. The zero-order valence-corrected chi connectivity index (χ0v) is 19.1. The molecule has 3 aromatic rings. The highest BCUT2D eigenvalue weighted by Gasteiger charge is 2.45. The van der Waals surface area contributed by atoms with Crippen LogP contribution in [0, 0.1) is 5.41 Å². The second-order valence-corrected chi connectivity index (χ2v) is 9.52. The third-order valence-corrected chi connectivity index (χ3v) is 7.35. The van der Waals surface area contributed by atoms with Gasteiger partial charge in [-0.15, -0.1) is 10.2 Å². The van der Waals surface area contributed by atoms with Crippen LogP contribution < -0.4 is 15.0 Å². The van der Waals surface area contributed by atoms with Crippen LogP contribution in [0.1, 0.15) is 31.2 Å². The Morgan fingerprint density at radius 3 is 2.56 bits per heavy atom. The number of ether oxygens (including phenoxy) is 1. The number of aliphatic hydroxyl groups excluding tert-OH is 1. The van der Waals surface area contributed by atoms with Crippen molar-refractivity contribution in [1.29, 1.82) is 0 Å². The fourth-order valence-corrected chi connectivity index (χ4v) is 5.47. The van der Waals surface area contributed by atoms with Crippen molar-refractivity contribution < 1.29 is 9.84 Å². The number of hydrogen-bond donors (Lipinski definition) is 2. The molecule has 0 bridgehead atoms. The van der Waals surface area contributed by atoms with E-state index in [0.29, 0.717) is 16.2 Å². The number of nitrogens with one attached hydrogen (secondary N) is 1. The lowest BCUT2D eigenvalue weighted by Crippen LogP contribution is -2.49. The predicted molar refractivity (Wildman–Crippen MR) is 129 cm³/mol. The van der Waals surface area contributed by atoms with Crippen LogP contribution in [-0.4, -0.2) is 48.2 Å². The molecule has 1 saturated heterocycles. The molecule has 1 aromatic heterocycles. The fraction of sp³-hybridized carbons (Fsp3) is 0.440. The minimum absolute atomic E-state index is 0.0959. The van der Waals surface area contributed by atoms with Crippen LogP contribution in [-0.2, 0) is 6.42 Å². The van der Waals surface area contributed by atoms with Crippen molar-refractivity contribution in [2.45, 2.75) is 38.2 Å². The van der Waals surface area contributed by atoms with Crippen LogP contribution in [0.25, 0.3) is 10.8 Å². The summed E-state index contributed by atoms with van der Waals surface area (Å²) in [6.07, 6.45) is 4.86. The zero-order valence-electron chi connectivity index (χ0n) is 18.4. The Balaban J connectivity index is 1.29. The molecule has 0 radical (unpaired) electrons. The molecule has 0 atom stereocenters. The molecular weight excluding hydrogens is 424 g/mol. The highest BCUT2D eigenvalue weighted by Crippen LogP contribution is 2.49. The Kier molecular flexibility index (Phi) is 5.82. The Bertz CT molecular complexity index is 1110. The number of methoxy groups -OCH3 is 1. The van der Waals surface area contributed by atoms with E-state index in [1.807, 2.05) is 24.3 Å². The second-order valence-electron chi connectivity index (χ2n) is 9.11. The van der Waals surface area contributed by atoms with Crippen LogP contribution in [0.3, 0.4) is 0 Å². The first-order chi connectivity index (χ1) is 15.6. The summed E-state index contributed by atoms with van der Waals surface area (Å²) in [7, 11) is 1.62. The molecule has 168 valence electrons. The SMILES string of the molecule is COc1ccc(CCNc2nnc(N3CCC4(CC3)CC(O)C4)c3ccccc23)cc1Cl. The van der Waals surface area contributed by atoms with Crippen molar-refractivity contribution >= 4 is 34.0 Å². The molecule has 1 aliphatic heterocycles. The van der Waals surface area contributed by atoms with Gasteiger partial charge in [-0.25, -0.2) is 0 Å². The van der Waals surface area contributed by atoms with Gasteiger partial charge in [-0.2, -0.15) is 0 Å². The molecule has 6 nitrogen and oxygen atoms in total. The number of hydrogen-bond acceptors (Lipinski definition) is 6. The standard InChI is InChI=1S/C25H29ClN4O2/c1-32-22-7-6-17(14-21(22)26)8-11-27-23-19-4-2-3-5-20(19)24(29-28-23)30-12-9-25(10-13-30)15-18(31)16-25/h2-7,14,18,31H,8-13,15-16H2,1H3,(H,27,28). The van der Waals surface area contributed by atoms with Gasteiger partial charge >= 0.3 is 0 Å². The fourth-order valence-electron chi connectivity index (χ4n) is 5.19. The van der Waals surface area contributed by atoms with Gasteiger partial charge in [-0.05, 0) is 55.2 Å². The van der Waals surface area contributed by atoms with E-state index in [4.69, 9.17) is 16.3 Å². The summed E-state index contributed by atoms with van der Waals surface area (Å²) in [5.41, 5.74) is 1.49. The van der Waals surface area contributed by atoms with Crippen molar-refractivity contribution in [2.75, 3.05) is 37.0 Å². The average Bonchev–Trinajstić information content (AvgIpc) is 2.79. The topological polar surface area (TPSA) is 70.5 Å². The second kappa shape index (κ2) is 8.75. The van der Waals surface area contributed by atoms with Crippen molar-refractivity contribution in [2.24, 2.45) is 5.41 Å². The molecule has 7 heteroatoms. The normalized spacial score (nSPS) is 18.0. The molecule has 5 rings (SSSR count). The molecule has 0 amide bonds. The number of fused-ring (bicyclic) bond motifs is 1. The van der Waals surface area contributed by atoms with Crippen molar-refractivity contribution in [3.8, 4) is 5.75 Å². The third kappa shape index (κ3) is 4.09. The summed E-state index contributed by atoms with van der Waals surface area (Å²) < 4.78 is 5.23. The molecule has 2 fully saturated rings. The highest BCUT2D eigenvalue weighted by atomic mass is 35.5. The Morgan fingerprint density at radius 1 is 1.12 bits per heavy atom. The van der Waals surface area contributed by atoms with Gasteiger partial charge in [0, 0.05) is 30.4 Å². The number of piperidine rings is 1. The number of aliphatic hydroxyl groups is 1. The number of rotatable bonds is 6. The van der Waals surface area contributed by atoms with Crippen LogP contribution in [0.4, 0.5) is 11.6 Å².